The number of imidazole rings is 1. The van der Waals surface area contributed by atoms with Crippen LogP contribution < -0.4 is 5.32 Å². The van der Waals surface area contributed by atoms with Crippen LogP contribution in [0.25, 0.3) is 0 Å². The molecule has 2 aromatic rings. The van der Waals surface area contributed by atoms with E-state index in [0.29, 0.717) is 0 Å². The zero-order valence-electron chi connectivity index (χ0n) is 8.23. The molecule has 2 aromatic heterocycles. The van der Waals surface area contributed by atoms with E-state index >= 15 is 0 Å². The van der Waals surface area contributed by atoms with Crippen LogP contribution in [0.2, 0.25) is 0 Å². The minimum atomic E-state index is 0.815. The van der Waals surface area contributed by atoms with Gasteiger partial charge in [-0.05, 0) is 19.1 Å². The summed E-state index contributed by atoms with van der Waals surface area (Å²) in [5, 5.41) is 3.17. The molecule has 2 heterocycles. The molecule has 1 N–H and O–H groups in total. The quantitative estimate of drug-likeness (QED) is 0.782. The molecule has 0 fully saturated rings. The summed E-state index contributed by atoms with van der Waals surface area (Å²) in [7, 11) is 1.94. The smallest absolute Gasteiger partial charge is 0.207 e. The molecular formula is C10H12N4. The van der Waals surface area contributed by atoms with Crippen molar-refractivity contribution in [2.24, 2.45) is 7.05 Å². The van der Waals surface area contributed by atoms with E-state index in [1.54, 1.807) is 12.4 Å². The summed E-state index contributed by atoms with van der Waals surface area (Å²) >= 11 is 0. The van der Waals surface area contributed by atoms with Crippen LogP contribution in [-0.2, 0) is 7.05 Å². The molecule has 0 saturated carbocycles. The second-order valence-corrected chi connectivity index (χ2v) is 3.18. The molecule has 0 aliphatic carbocycles. The molecule has 0 aromatic carbocycles. The molecule has 0 unspecified atom stereocenters. The van der Waals surface area contributed by atoms with E-state index in [4.69, 9.17) is 0 Å². The highest BCUT2D eigenvalue weighted by molar-refractivity contribution is 5.51. The fourth-order valence-corrected chi connectivity index (χ4v) is 1.16. The van der Waals surface area contributed by atoms with Gasteiger partial charge in [-0.25, -0.2) is 4.98 Å². The van der Waals surface area contributed by atoms with Gasteiger partial charge in [-0.1, -0.05) is 0 Å². The third-order valence-electron chi connectivity index (χ3n) is 1.99. The molecule has 0 spiro atoms. The number of nitrogens with one attached hydrogen (secondary N) is 1. The first-order chi connectivity index (χ1) is 6.75. The fourth-order valence-electron chi connectivity index (χ4n) is 1.16. The molecule has 0 aliphatic heterocycles. The molecule has 0 aliphatic rings. The second-order valence-electron chi connectivity index (χ2n) is 3.18. The summed E-state index contributed by atoms with van der Waals surface area (Å²) in [6, 6.07) is 3.95. The lowest BCUT2D eigenvalue weighted by atomic mass is 10.3. The van der Waals surface area contributed by atoms with E-state index in [9.17, 15) is 0 Å². The van der Waals surface area contributed by atoms with Crippen molar-refractivity contribution in [3.8, 4) is 0 Å². The minimum absolute atomic E-state index is 0.815. The first-order valence-electron chi connectivity index (χ1n) is 4.43. The molecule has 72 valence electrons. The molecule has 2 rings (SSSR count). The van der Waals surface area contributed by atoms with Crippen LogP contribution in [0.4, 0.5) is 11.6 Å². The number of hydrogen-bond donors (Lipinski definition) is 1. The van der Waals surface area contributed by atoms with Gasteiger partial charge in [-0.2, -0.15) is 0 Å². The van der Waals surface area contributed by atoms with Crippen molar-refractivity contribution >= 4 is 11.6 Å². The van der Waals surface area contributed by atoms with Gasteiger partial charge in [-0.15, -0.1) is 0 Å². The highest BCUT2D eigenvalue weighted by Crippen LogP contribution is 2.12. The topological polar surface area (TPSA) is 42.7 Å². The van der Waals surface area contributed by atoms with Gasteiger partial charge in [-0.3, -0.25) is 4.98 Å². The molecular weight excluding hydrogens is 176 g/mol. The maximum atomic E-state index is 4.19. The first-order valence-corrected chi connectivity index (χ1v) is 4.43. The number of nitrogens with zero attached hydrogens (tertiary/aromatic N) is 3. The maximum Gasteiger partial charge on any atom is 0.207 e. The largest absolute Gasteiger partial charge is 0.324 e. The molecule has 0 amide bonds. The van der Waals surface area contributed by atoms with Gasteiger partial charge < -0.3 is 9.88 Å². The van der Waals surface area contributed by atoms with Gasteiger partial charge >= 0.3 is 0 Å². The average molecular weight is 188 g/mol. The van der Waals surface area contributed by atoms with Crippen LogP contribution in [0.1, 0.15) is 5.69 Å². The number of anilines is 2. The molecule has 0 bridgehead atoms. The lowest BCUT2D eigenvalue weighted by molar-refractivity contribution is 0.924. The molecule has 14 heavy (non-hydrogen) atoms. The second kappa shape index (κ2) is 3.49. The Morgan fingerprint density at radius 1 is 1.29 bits per heavy atom. The van der Waals surface area contributed by atoms with Crippen molar-refractivity contribution in [1.82, 2.24) is 14.5 Å². The summed E-state index contributed by atoms with van der Waals surface area (Å²) in [5.74, 6) is 0.815. The van der Waals surface area contributed by atoms with Crippen molar-refractivity contribution in [3.63, 3.8) is 0 Å². The SMILES string of the molecule is Cc1ccc(Nc2nccn2C)cn1. The Hall–Kier alpha value is -1.84. The molecule has 0 radical (unpaired) electrons. The van der Waals surface area contributed by atoms with E-state index in [1.807, 2.05) is 36.9 Å². The van der Waals surface area contributed by atoms with Crippen molar-refractivity contribution in [2.45, 2.75) is 6.92 Å². The third-order valence-corrected chi connectivity index (χ3v) is 1.99. The first kappa shape index (κ1) is 8.74. The number of rotatable bonds is 2. The third kappa shape index (κ3) is 1.74. The van der Waals surface area contributed by atoms with E-state index in [2.05, 4.69) is 15.3 Å². The monoisotopic (exact) mass is 188 g/mol. The zero-order valence-corrected chi connectivity index (χ0v) is 8.23. The zero-order chi connectivity index (χ0) is 9.97. The molecule has 0 saturated heterocycles. The normalized spacial score (nSPS) is 10.1. The van der Waals surface area contributed by atoms with E-state index in [-0.39, 0.29) is 0 Å². The predicted molar refractivity (Wildman–Crippen MR) is 55.5 cm³/mol. The fraction of sp³-hybridized carbons (Fsp3) is 0.200. The lowest BCUT2D eigenvalue weighted by Gasteiger charge is -2.04. The number of pyridine rings is 1. The average Bonchev–Trinajstić information content (AvgIpc) is 2.56. The van der Waals surface area contributed by atoms with Crippen LogP contribution in [0, 0.1) is 6.92 Å². The van der Waals surface area contributed by atoms with Crippen molar-refractivity contribution in [1.29, 1.82) is 0 Å². The van der Waals surface area contributed by atoms with Crippen LogP contribution in [0.3, 0.4) is 0 Å². The maximum absolute atomic E-state index is 4.19. The Bertz CT molecular complexity index is 416. The Morgan fingerprint density at radius 3 is 2.71 bits per heavy atom. The predicted octanol–water partition coefficient (Wildman–Crippen LogP) is 1.87. The summed E-state index contributed by atoms with van der Waals surface area (Å²) in [4.78, 5) is 8.35. The van der Waals surface area contributed by atoms with Crippen molar-refractivity contribution in [2.75, 3.05) is 5.32 Å². The van der Waals surface area contributed by atoms with E-state index in [0.717, 1.165) is 17.3 Å². The van der Waals surface area contributed by atoms with Crippen molar-refractivity contribution in [3.05, 3.63) is 36.4 Å². The van der Waals surface area contributed by atoms with Crippen LogP contribution in [0.5, 0.6) is 0 Å². The Morgan fingerprint density at radius 2 is 2.14 bits per heavy atom. The van der Waals surface area contributed by atoms with Crippen LogP contribution in [-0.4, -0.2) is 14.5 Å². The molecule has 0 atom stereocenters. The van der Waals surface area contributed by atoms with Gasteiger partial charge in [0.15, 0.2) is 0 Å². The Labute approximate surface area is 82.6 Å². The van der Waals surface area contributed by atoms with Gasteiger partial charge in [0, 0.05) is 25.1 Å². The van der Waals surface area contributed by atoms with Gasteiger partial charge in [0.1, 0.15) is 0 Å². The Balaban J connectivity index is 2.19. The Kier molecular flexibility index (Phi) is 2.18. The number of aryl methyl sites for hydroxylation is 2. The highest BCUT2D eigenvalue weighted by atomic mass is 15.2. The van der Waals surface area contributed by atoms with Gasteiger partial charge in [0.2, 0.25) is 5.95 Å². The van der Waals surface area contributed by atoms with Crippen LogP contribution >= 0.6 is 0 Å². The minimum Gasteiger partial charge on any atom is -0.324 e. The van der Waals surface area contributed by atoms with E-state index in [1.165, 1.54) is 0 Å². The van der Waals surface area contributed by atoms with Gasteiger partial charge in [0.05, 0.1) is 11.9 Å². The van der Waals surface area contributed by atoms with Gasteiger partial charge in [0.25, 0.3) is 0 Å². The molecule has 4 nitrogen and oxygen atoms in total. The number of aromatic nitrogens is 3. The summed E-state index contributed by atoms with van der Waals surface area (Å²) < 4.78 is 1.92. The lowest BCUT2D eigenvalue weighted by Crippen LogP contribution is -1.98. The van der Waals surface area contributed by atoms with E-state index < -0.39 is 0 Å². The summed E-state index contributed by atoms with van der Waals surface area (Å²) in [6.07, 6.45) is 5.44. The summed E-state index contributed by atoms with van der Waals surface area (Å²) in [5.41, 5.74) is 1.96. The molecule has 4 heteroatoms. The standard InChI is InChI=1S/C10H12N4/c1-8-3-4-9(7-12-8)13-10-11-5-6-14(10)2/h3-7H,1-2H3,(H,11,13). The number of hydrogen-bond acceptors (Lipinski definition) is 3. The highest BCUT2D eigenvalue weighted by Gasteiger charge is 1.98. The van der Waals surface area contributed by atoms with Crippen molar-refractivity contribution < 1.29 is 0 Å². The summed E-state index contributed by atoms with van der Waals surface area (Å²) in [6.45, 7) is 1.96. The van der Waals surface area contributed by atoms with Crippen LogP contribution in [0.15, 0.2) is 30.7 Å².